The smallest absolute Gasteiger partial charge is 0.323 e. The molecule has 0 bridgehead atoms. The van der Waals surface area contributed by atoms with Crippen molar-refractivity contribution in [3.63, 3.8) is 0 Å². The van der Waals surface area contributed by atoms with Gasteiger partial charge < -0.3 is 14.6 Å². The number of rotatable bonds is 7. The highest BCUT2D eigenvalue weighted by atomic mass is 32.2. The minimum atomic E-state index is -3.91. The van der Waals surface area contributed by atoms with Crippen LogP contribution in [0.3, 0.4) is 0 Å². The molecular formula is C31H39N3O5S. The Morgan fingerprint density at radius 1 is 1.07 bits per heavy atom. The summed E-state index contributed by atoms with van der Waals surface area (Å²) in [4.78, 5) is 0. The molecule has 3 atom stereocenters. The van der Waals surface area contributed by atoms with Gasteiger partial charge in [-0.15, -0.1) is 4.09 Å². The predicted molar refractivity (Wildman–Crippen MR) is 153 cm³/mol. The molecule has 1 aromatic heterocycles. The van der Waals surface area contributed by atoms with Crippen LogP contribution in [-0.4, -0.2) is 66.7 Å². The first kappa shape index (κ1) is 27.6. The first-order valence-electron chi connectivity index (χ1n) is 14.3. The van der Waals surface area contributed by atoms with E-state index in [0.717, 1.165) is 53.6 Å². The van der Waals surface area contributed by atoms with E-state index in [1.807, 2.05) is 24.3 Å². The highest BCUT2D eigenvalue weighted by molar-refractivity contribution is 7.87. The minimum Gasteiger partial charge on any atom is -0.396 e. The van der Waals surface area contributed by atoms with Gasteiger partial charge in [0.1, 0.15) is 0 Å². The number of aliphatic hydroxyl groups excluding tert-OH is 1. The second-order valence-electron chi connectivity index (χ2n) is 11.6. The lowest BCUT2D eigenvalue weighted by Gasteiger charge is -2.55. The third-order valence-electron chi connectivity index (χ3n) is 9.45. The van der Waals surface area contributed by atoms with E-state index in [0.29, 0.717) is 31.7 Å². The van der Waals surface area contributed by atoms with Crippen molar-refractivity contribution in [3.8, 4) is 11.3 Å². The number of aryl methyl sites for hydroxylation is 1. The number of nitrogens with zero attached hydrogens (tertiary/aromatic N) is 3. The Bertz CT molecular complexity index is 1480. The number of aromatic nitrogens is 2. The van der Waals surface area contributed by atoms with E-state index in [9.17, 15) is 13.5 Å². The molecule has 40 heavy (non-hydrogen) atoms. The molecule has 2 aromatic carbocycles. The van der Waals surface area contributed by atoms with Crippen molar-refractivity contribution < 1.29 is 23.0 Å². The van der Waals surface area contributed by atoms with Crippen molar-refractivity contribution in [2.45, 2.75) is 56.7 Å². The van der Waals surface area contributed by atoms with Crippen LogP contribution in [0.25, 0.3) is 11.3 Å². The standard InChI is InChI=1S/C31H39N3O5S/c1-22-27-15-14-26-28(24-11-7-9-23(21-24)10-8-18-35)34(40(36,37)33(2)3)32-29(26)30(27,25-12-5-4-6-13-25)16-17-31(22)38-19-20-39-31/h4-7,9,11-13,21-22,27,35H,8,10,14-20H2,1-3H3/t22-,27-,30+/m0/s1. The molecule has 1 N–H and O–H groups in total. The summed E-state index contributed by atoms with van der Waals surface area (Å²) in [6.07, 6.45) is 4.44. The van der Waals surface area contributed by atoms with Crippen molar-refractivity contribution in [1.29, 1.82) is 0 Å². The molecule has 6 rings (SSSR count). The number of fused-ring (bicyclic) bond motifs is 3. The maximum atomic E-state index is 13.8. The van der Waals surface area contributed by atoms with Gasteiger partial charge in [0.2, 0.25) is 0 Å². The zero-order valence-electron chi connectivity index (χ0n) is 23.5. The Hall–Kier alpha value is -2.56. The zero-order chi connectivity index (χ0) is 28.1. The van der Waals surface area contributed by atoms with Crippen molar-refractivity contribution in [3.05, 3.63) is 77.0 Å². The molecule has 3 aromatic rings. The van der Waals surface area contributed by atoms with Crippen LogP contribution in [0.5, 0.6) is 0 Å². The second kappa shape index (κ2) is 10.4. The van der Waals surface area contributed by atoms with E-state index < -0.39 is 21.4 Å². The molecule has 9 heteroatoms. The van der Waals surface area contributed by atoms with Crippen molar-refractivity contribution in [1.82, 2.24) is 13.5 Å². The van der Waals surface area contributed by atoms with Crippen LogP contribution < -0.4 is 0 Å². The van der Waals surface area contributed by atoms with Gasteiger partial charge >= 0.3 is 10.2 Å². The van der Waals surface area contributed by atoms with Crippen LogP contribution in [-0.2, 0) is 37.9 Å². The van der Waals surface area contributed by atoms with Crippen LogP contribution in [0.4, 0.5) is 0 Å². The number of aliphatic hydroxyl groups is 1. The normalized spacial score (nSPS) is 25.7. The quantitative estimate of drug-likeness (QED) is 0.463. The molecule has 3 aliphatic rings. The van der Waals surface area contributed by atoms with E-state index in [2.05, 4.69) is 37.3 Å². The molecule has 214 valence electrons. The summed E-state index contributed by atoms with van der Waals surface area (Å²) in [6, 6.07) is 18.5. The third-order valence-corrected chi connectivity index (χ3v) is 11.1. The molecule has 1 aliphatic heterocycles. The first-order valence-corrected chi connectivity index (χ1v) is 15.7. The minimum absolute atomic E-state index is 0.109. The molecule has 2 heterocycles. The Labute approximate surface area is 237 Å². The Kier molecular flexibility index (Phi) is 7.15. The maximum absolute atomic E-state index is 13.8. The van der Waals surface area contributed by atoms with Crippen LogP contribution in [0.1, 0.15) is 55.0 Å². The molecule has 0 radical (unpaired) electrons. The Morgan fingerprint density at radius 3 is 2.52 bits per heavy atom. The molecule has 1 saturated heterocycles. The topological polar surface area (TPSA) is 93.9 Å². The number of hydrogen-bond donors (Lipinski definition) is 1. The SMILES string of the molecule is C[C@H]1[C@@H]2CCc3c(nn(S(=O)(=O)N(C)C)c3-c3cccc(CCCO)c3)[C@@]2(c2ccccc2)CCC12OCCO2. The highest BCUT2D eigenvalue weighted by Gasteiger charge is 2.61. The Balaban J connectivity index is 1.60. The number of ether oxygens (including phenoxy) is 2. The fourth-order valence-corrected chi connectivity index (χ4v) is 8.44. The van der Waals surface area contributed by atoms with Crippen LogP contribution >= 0.6 is 0 Å². The fourth-order valence-electron chi connectivity index (χ4n) is 7.50. The lowest BCUT2D eigenvalue weighted by atomic mass is 9.52. The zero-order valence-corrected chi connectivity index (χ0v) is 24.4. The molecular weight excluding hydrogens is 526 g/mol. The van der Waals surface area contributed by atoms with E-state index in [1.165, 1.54) is 8.39 Å². The lowest BCUT2D eigenvalue weighted by molar-refractivity contribution is -0.232. The summed E-state index contributed by atoms with van der Waals surface area (Å²) in [5, 5.41) is 14.4. The van der Waals surface area contributed by atoms with E-state index in [-0.39, 0.29) is 18.4 Å². The molecule has 8 nitrogen and oxygen atoms in total. The summed E-state index contributed by atoms with van der Waals surface area (Å²) in [7, 11) is -0.812. The van der Waals surface area contributed by atoms with Gasteiger partial charge in [-0.1, -0.05) is 55.5 Å². The summed E-state index contributed by atoms with van der Waals surface area (Å²) < 4.78 is 42.7. The summed E-state index contributed by atoms with van der Waals surface area (Å²) in [6.45, 7) is 3.55. The highest BCUT2D eigenvalue weighted by Crippen LogP contribution is 2.60. The van der Waals surface area contributed by atoms with E-state index in [4.69, 9.17) is 14.6 Å². The van der Waals surface area contributed by atoms with Gasteiger partial charge in [-0.2, -0.15) is 17.8 Å². The molecule has 2 fully saturated rings. The van der Waals surface area contributed by atoms with Gasteiger partial charge in [0.15, 0.2) is 5.79 Å². The third kappa shape index (κ3) is 4.17. The lowest BCUT2D eigenvalue weighted by Crippen LogP contribution is -2.56. The van der Waals surface area contributed by atoms with Gasteiger partial charge in [0, 0.05) is 49.6 Å². The second-order valence-corrected chi connectivity index (χ2v) is 13.6. The van der Waals surface area contributed by atoms with Gasteiger partial charge in [-0.25, -0.2) is 0 Å². The molecule has 2 aliphatic carbocycles. The van der Waals surface area contributed by atoms with Crippen molar-refractivity contribution in [2.24, 2.45) is 11.8 Å². The number of benzene rings is 2. The monoisotopic (exact) mass is 565 g/mol. The molecule has 0 unspecified atom stereocenters. The predicted octanol–water partition coefficient (Wildman–Crippen LogP) is 4.15. The van der Waals surface area contributed by atoms with E-state index >= 15 is 0 Å². The van der Waals surface area contributed by atoms with Crippen LogP contribution in [0.2, 0.25) is 0 Å². The fraction of sp³-hybridized carbons (Fsp3) is 0.516. The first-order chi connectivity index (χ1) is 19.2. The molecule has 0 amide bonds. The van der Waals surface area contributed by atoms with Gasteiger partial charge in [0.25, 0.3) is 0 Å². The Morgan fingerprint density at radius 2 is 1.82 bits per heavy atom. The van der Waals surface area contributed by atoms with Crippen molar-refractivity contribution >= 4 is 10.2 Å². The summed E-state index contributed by atoms with van der Waals surface area (Å²) in [5.74, 6) is -0.316. The van der Waals surface area contributed by atoms with Crippen LogP contribution in [0, 0.1) is 11.8 Å². The largest absolute Gasteiger partial charge is 0.396 e. The van der Waals surface area contributed by atoms with Crippen molar-refractivity contribution in [2.75, 3.05) is 33.9 Å². The van der Waals surface area contributed by atoms with Crippen LogP contribution in [0.15, 0.2) is 54.6 Å². The van der Waals surface area contributed by atoms with Gasteiger partial charge in [-0.05, 0) is 55.2 Å². The summed E-state index contributed by atoms with van der Waals surface area (Å²) >= 11 is 0. The molecule has 1 saturated carbocycles. The average Bonchev–Trinajstić information content (AvgIpc) is 3.61. The maximum Gasteiger partial charge on any atom is 0.323 e. The van der Waals surface area contributed by atoms with Gasteiger partial charge in [0.05, 0.1) is 24.6 Å². The molecule has 1 spiro atoms. The van der Waals surface area contributed by atoms with E-state index in [1.54, 1.807) is 14.1 Å². The number of hydrogen-bond acceptors (Lipinski definition) is 6. The summed E-state index contributed by atoms with van der Waals surface area (Å²) in [5.41, 5.74) is 5.09. The average molecular weight is 566 g/mol. The van der Waals surface area contributed by atoms with Gasteiger partial charge in [-0.3, -0.25) is 0 Å².